The van der Waals surface area contributed by atoms with Crippen LogP contribution in [-0.4, -0.2) is 5.71 Å². The molecule has 0 radical (unpaired) electrons. The van der Waals surface area contributed by atoms with Crippen molar-refractivity contribution in [1.29, 1.82) is 0 Å². The second-order valence-electron chi connectivity index (χ2n) is 2.42. The van der Waals surface area contributed by atoms with Crippen molar-refractivity contribution >= 4 is 17.3 Å². The molecule has 0 atom stereocenters. The molecule has 0 saturated heterocycles. The number of rotatable bonds is 0. The number of nitrogens with zero attached hydrogens (tertiary/aromatic N) is 1. The van der Waals surface area contributed by atoms with Gasteiger partial charge in [-0.05, 0) is 32.3 Å². The largest absolute Gasteiger partial charge is 0.246 e. The van der Waals surface area contributed by atoms with Crippen LogP contribution in [0.5, 0.6) is 0 Å². The van der Waals surface area contributed by atoms with Crippen molar-refractivity contribution in [1.82, 2.24) is 0 Å². The van der Waals surface area contributed by atoms with Gasteiger partial charge in [-0.3, -0.25) is 0 Å². The summed E-state index contributed by atoms with van der Waals surface area (Å²) < 4.78 is 0. The number of hydrogen-bond donors (Lipinski definition) is 0. The van der Waals surface area contributed by atoms with E-state index in [1.807, 2.05) is 27.7 Å². The average molecular weight is 174 g/mol. The third-order valence-corrected chi connectivity index (χ3v) is 1.91. The van der Waals surface area contributed by atoms with E-state index in [2.05, 4.69) is 4.99 Å². The van der Waals surface area contributed by atoms with E-state index in [1.165, 1.54) is 5.57 Å². The zero-order valence-electron chi connectivity index (χ0n) is 7.74. The van der Waals surface area contributed by atoms with Crippen molar-refractivity contribution < 1.29 is 0 Å². The Morgan fingerprint density at radius 3 is 2.09 bits per heavy atom. The van der Waals surface area contributed by atoms with Crippen molar-refractivity contribution in [2.45, 2.75) is 40.5 Å². The van der Waals surface area contributed by atoms with Crippen molar-refractivity contribution in [2.24, 2.45) is 4.99 Å². The molecular formula is C9H16ClN. The number of hydrogen-bond acceptors (Lipinski definition) is 1. The van der Waals surface area contributed by atoms with Gasteiger partial charge in [0.25, 0.3) is 0 Å². The summed E-state index contributed by atoms with van der Waals surface area (Å²) in [6.07, 6.45) is 2.15. The molecule has 0 spiro atoms. The molecule has 1 rings (SSSR count). The Balaban J connectivity index is 0.000000461. The molecule has 0 aliphatic carbocycles. The smallest absolute Gasteiger partial charge is 0.127 e. The van der Waals surface area contributed by atoms with Crippen LogP contribution in [-0.2, 0) is 0 Å². The van der Waals surface area contributed by atoms with E-state index in [1.54, 1.807) is 0 Å². The minimum Gasteiger partial charge on any atom is -0.246 e. The Morgan fingerprint density at radius 2 is 1.73 bits per heavy atom. The first-order valence-corrected chi connectivity index (χ1v) is 4.47. The number of allylic oxidation sites excluding steroid dienone is 1. The average Bonchev–Trinajstić information content (AvgIpc) is 2.02. The monoisotopic (exact) mass is 173 g/mol. The summed E-state index contributed by atoms with van der Waals surface area (Å²) in [5, 5.41) is 0.693. The van der Waals surface area contributed by atoms with Crippen molar-refractivity contribution in [2.75, 3.05) is 0 Å². The van der Waals surface area contributed by atoms with Gasteiger partial charge in [0, 0.05) is 5.71 Å². The Bertz CT molecular complexity index is 180. The van der Waals surface area contributed by atoms with Crippen molar-refractivity contribution in [3.8, 4) is 0 Å². The molecule has 0 amide bonds. The minimum atomic E-state index is 0.693. The van der Waals surface area contributed by atoms with Crippen LogP contribution < -0.4 is 0 Å². The molecule has 2 heteroatoms. The number of halogens is 1. The molecule has 0 saturated carbocycles. The summed E-state index contributed by atoms with van der Waals surface area (Å²) in [6.45, 7) is 8.03. The molecule has 0 N–H and O–H groups in total. The fourth-order valence-corrected chi connectivity index (χ4v) is 1.03. The standard InChI is InChI=1S/C7H10ClN.C2H6/c1-5-3-4-6(2)9-7(5)8;1-2/h3-4H2,1-2H3;1-2H3. The van der Waals surface area contributed by atoms with E-state index < -0.39 is 0 Å². The summed E-state index contributed by atoms with van der Waals surface area (Å²) in [7, 11) is 0. The first-order valence-electron chi connectivity index (χ1n) is 4.09. The van der Waals surface area contributed by atoms with Gasteiger partial charge in [-0.2, -0.15) is 0 Å². The van der Waals surface area contributed by atoms with Gasteiger partial charge in [0.1, 0.15) is 5.16 Å². The van der Waals surface area contributed by atoms with Gasteiger partial charge in [-0.1, -0.05) is 25.4 Å². The molecule has 0 aromatic carbocycles. The molecule has 0 fully saturated rings. The quantitative estimate of drug-likeness (QED) is 0.495. The summed E-state index contributed by atoms with van der Waals surface area (Å²) in [6, 6.07) is 0. The van der Waals surface area contributed by atoms with Gasteiger partial charge in [0.15, 0.2) is 0 Å². The first-order chi connectivity index (χ1) is 5.20. The van der Waals surface area contributed by atoms with E-state index in [-0.39, 0.29) is 0 Å². The number of aliphatic imine (C=N–C) groups is 1. The molecule has 0 aromatic rings. The second-order valence-corrected chi connectivity index (χ2v) is 2.78. The lowest BCUT2D eigenvalue weighted by Crippen LogP contribution is -1.98. The van der Waals surface area contributed by atoms with Gasteiger partial charge < -0.3 is 0 Å². The van der Waals surface area contributed by atoms with Crippen LogP contribution in [0.15, 0.2) is 15.7 Å². The Morgan fingerprint density at radius 1 is 1.18 bits per heavy atom. The predicted molar refractivity (Wildman–Crippen MR) is 52.2 cm³/mol. The van der Waals surface area contributed by atoms with Crippen LogP contribution in [0.25, 0.3) is 0 Å². The zero-order chi connectivity index (χ0) is 8.85. The molecule has 0 bridgehead atoms. The van der Waals surface area contributed by atoms with E-state index >= 15 is 0 Å². The highest BCUT2D eigenvalue weighted by atomic mass is 35.5. The molecule has 1 heterocycles. The third-order valence-electron chi connectivity index (χ3n) is 1.50. The molecule has 1 aliphatic heterocycles. The Labute approximate surface area is 74.2 Å². The Kier molecular flexibility index (Phi) is 5.22. The van der Waals surface area contributed by atoms with Crippen LogP contribution in [0.2, 0.25) is 0 Å². The first kappa shape index (κ1) is 10.7. The van der Waals surface area contributed by atoms with Gasteiger partial charge in [0.05, 0.1) is 0 Å². The molecule has 11 heavy (non-hydrogen) atoms. The minimum absolute atomic E-state index is 0.693. The predicted octanol–water partition coefficient (Wildman–Crippen LogP) is 3.74. The fraction of sp³-hybridized carbons (Fsp3) is 0.667. The Hall–Kier alpha value is -0.300. The van der Waals surface area contributed by atoms with Crippen LogP contribution in [0.4, 0.5) is 0 Å². The van der Waals surface area contributed by atoms with E-state index in [9.17, 15) is 0 Å². The van der Waals surface area contributed by atoms with Gasteiger partial charge in [-0.15, -0.1) is 0 Å². The van der Waals surface area contributed by atoms with Gasteiger partial charge in [-0.25, -0.2) is 4.99 Å². The maximum absolute atomic E-state index is 5.75. The zero-order valence-corrected chi connectivity index (χ0v) is 8.50. The van der Waals surface area contributed by atoms with Crippen LogP contribution in [0.1, 0.15) is 40.5 Å². The molecule has 0 unspecified atom stereocenters. The van der Waals surface area contributed by atoms with E-state index in [0.29, 0.717) is 5.16 Å². The lowest BCUT2D eigenvalue weighted by molar-refractivity contribution is 0.962. The van der Waals surface area contributed by atoms with E-state index in [0.717, 1.165) is 18.6 Å². The van der Waals surface area contributed by atoms with Gasteiger partial charge in [0.2, 0.25) is 0 Å². The lowest BCUT2D eigenvalue weighted by atomic mass is 10.1. The highest BCUT2D eigenvalue weighted by molar-refractivity contribution is 6.30. The van der Waals surface area contributed by atoms with Crippen LogP contribution in [0, 0.1) is 0 Å². The maximum Gasteiger partial charge on any atom is 0.127 e. The normalized spacial score (nSPS) is 17.0. The molecule has 1 nitrogen and oxygen atoms in total. The summed E-state index contributed by atoms with van der Waals surface area (Å²) in [5.74, 6) is 0. The second kappa shape index (κ2) is 5.36. The molecule has 1 aliphatic rings. The summed E-state index contributed by atoms with van der Waals surface area (Å²) in [5.41, 5.74) is 2.35. The molecular weight excluding hydrogens is 158 g/mol. The van der Waals surface area contributed by atoms with Crippen LogP contribution in [0.3, 0.4) is 0 Å². The summed E-state index contributed by atoms with van der Waals surface area (Å²) >= 11 is 5.75. The fourth-order valence-electron chi connectivity index (χ4n) is 0.790. The SMILES string of the molecule is CC.CC1=NC(Cl)=C(C)CC1. The molecule has 0 aromatic heterocycles. The van der Waals surface area contributed by atoms with Gasteiger partial charge >= 0.3 is 0 Å². The van der Waals surface area contributed by atoms with Crippen LogP contribution >= 0.6 is 11.6 Å². The third kappa shape index (κ3) is 3.57. The maximum atomic E-state index is 5.75. The van der Waals surface area contributed by atoms with E-state index in [4.69, 9.17) is 11.6 Å². The van der Waals surface area contributed by atoms with Crippen molar-refractivity contribution in [3.05, 3.63) is 10.7 Å². The van der Waals surface area contributed by atoms with Crippen molar-refractivity contribution in [3.63, 3.8) is 0 Å². The highest BCUT2D eigenvalue weighted by Crippen LogP contribution is 2.21. The highest BCUT2D eigenvalue weighted by Gasteiger charge is 2.05. The lowest BCUT2D eigenvalue weighted by Gasteiger charge is -2.08. The summed E-state index contributed by atoms with van der Waals surface area (Å²) in [4.78, 5) is 4.13. The molecule has 64 valence electrons. The topological polar surface area (TPSA) is 12.4 Å².